The summed E-state index contributed by atoms with van der Waals surface area (Å²) in [4.78, 5) is 72.4. The topological polar surface area (TPSA) is 250 Å². The third kappa shape index (κ3) is 8.52. The van der Waals surface area contributed by atoms with Crippen LogP contribution in [0.3, 0.4) is 0 Å². The normalized spacial score (nSPS) is 24.6. The summed E-state index contributed by atoms with van der Waals surface area (Å²) in [6, 6.07) is 1.03. The van der Waals surface area contributed by atoms with Gasteiger partial charge in [0.1, 0.15) is 12.0 Å². The van der Waals surface area contributed by atoms with Gasteiger partial charge in [-0.05, 0) is 0 Å². The molecule has 0 aromatic carbocycles. The Morgan fingerprint density at radius 2 is 1.85 bits per heavy atom. The number of carbonyl (C=O) groups is 1. The molecule has 0 aliphatic carbocycles. The molecule has 0 amide bonds. The van der Waals surface area contributed by atoms with Gasteiger partial charge >= 0.3 is 35.1 Å². The number of ether oxygens (including phenoxy) is 2. The summed E-state index contributed by atoms with van der Waals surface area (Å²) >= 11 is 0. The van der Waals surface area contributed by atoms with Crippen LogP contribution in [0.4, 0.5) is 0 Å². The van der Waals surface area contributed by atoms with Crippen LogP contribution in [0.2, 0.25) is 0 Å². The molecule has 20 heteroatoms. The fourth-order valence-corrected chi connectivity index (χ4v) is 5.81. The van der Waals surface area contributed by atoms with Crippen molar-refractivity contribution in [2.75, 3.05) is 6.61 Å². The van der Waals surface area contributed by atoms with Crippen LogP contribution >= 0.6 is 23.5 Å². The lowest BCUT2D eigenvalue weighted by Crippen LogP contribution is -2.31. The third-order valence-electron chi connectivity index (χ3n) is 3.90. The molecule has 33 heavy (non-hydrogen) atoms. The van der Waals surface area contributed by atoms with Crippen molar-refractivity contribution in [3.05, 3.63) is 45.4 Å². The Balaban J connectivity index is 2.19. The maximum Gasteiger partial charge on any atom is 0.490 e. The zero-order valence-corrected chi connectivity index (χ0v) is 19.3. The number of aromatic nitrogens is 2. The van der Waals surface area contributed by atoms with Crippen LogP contribution in [0.1, 0.15) is 19.6 Å². The third-order valence-corrected chi connectivity index (χ3v) is 7.71. The molecule has 186 valence electrons. The lowest BCUT2D eigenvalue weighted by molar-refractivity contribution is -0.138. The number of hydrogen-bond donors (Lipinski definition) is 5. The van der Waals surface area contributed by atoms with E-state index in [9.17, 15) is 37.9 Å². The second-order valence-electron chi connectivity index (χ2n) is 6.44. The summed E-state index contributed by atoms with van der Waals surface area (Å²) in [5.74, 6) is -1.84. The maximum absolute atomic E-state index is 12.0. The molecule has 17 nitrogen and oxygen atoms in total. The van der Waals surface area contributed by atoms with Crippen molar-refractivity contribution in [2.24, 2.45) is 5.92 Å². The van der Waals surface area contributed by atoms with Gasteiger partial charge in [0.05, 0.1) is 12.7 Å². The minimum Gasteiger partial charge on any atom is -0.431 e. The van der Waals surface area contributed by atoms with Crippen LogP contribution < -0.4 is 11.2 Å². The number of rotatable bonds is 10. The van der Waals surface area contributed by atoms with E-state index in [4.69, 9.17) is 19.3 Å². The van der Waals surface area contributed by atoms with Crippen molar-refractivity contribution in [2.45, 2.75) is 25.7 Å². The molecule has 2 heterocycles. The van der Waals surface area contributed by atoms with E-state index < -0.39 is 65.5 Å². The van der Waals surface area contributed by atoms with Crippen molar-refractivity contribution in [1.82, 2.24) is 9.55 Å². The highest BCUT2D eigenvalue weighted by Crippen LogP contribution is 2.66. The zero-order chi connectivity index (χ0) is 25.2. The Labute approximate surface area is 184 Å². The van der Waals surface area contributed by atoms with Gasteiger partial charge in [-0.25, -0.2) is 18.5 Å². The fraction of sp³-hybridized carbons (Fsp3) is 0.462. The predicted molar refractivity (Wildman–Crippen MR) is 104 cm³/mol. The molecule has 1 aromatic rings. The molecule has 0 spiro atoms. The maximum atomic E-state index is 12.0. The first kappa shape index (κ1) is 27.5. The summed E-state index contributed by atoms with van der Waals surface area (Å²) < 4.78 is 57.3. The number of nitrogens with one attached hydrogen (secondary N) is 1. The molecule has 0 saturated carbocycles. The fourth-order valence-electron chi connectivity index (χ4n) is 2.78. The Morgan fingerprint density at radius 3 is 2.39 bits per heavy atom. The van der Waals surface area contributed by atoms with Crippen molar-refractivity contribution < 1.29 is 60.7 Å². The van der Waals surface area contributed by atoms with Gasteiger partial charge in [0.25, 0.3) is 5.56 Å². The number of esters is 1. The molecular weight excluding hydrogens is 517 g/mol. The average molecular weight is 536 g/mol. The smallest absolute Gasteiger partial charge is 0.431 e. The van der Waals surface area contributed by atoms with E-state index in [0.717, 1.165) is 23.8 Å². The Morgan fingerprint density at radius 1 is 1.21 bits per heavy atom. The minimum absolute atomic E-state index is 0.0809. The molecule has 2 rings (SSSR count). The number of hydrogen-bond acceptors (Lipinski definition) is 11. The minimum atomic E-state index is -5.73. The van der Waals surface area contributed by atoms with Gasteiger partial charge in [0.2, 0.25) is 0 Å². The summed E-state index contributed by atoms with van der Waals surface area (Å²) in [6.07, 6.45) is -1.29. The predicted octanol–water partition coefficient (Wildman–Crippen LogP) is -0.140. The van der Waals surface area contributed by atoms with E-state index in [1.54, 1.807) is 0 Å². The molecule has 1 aliphatic rings. The Hall–Kier alpha value is -1.74. The van der Waals surface area contributed by atoms with Gasteiger partial charge in [-0.2, -0.15) is 8.62 Å². The highest BCUT2D eigenvalue weighted by Gasteiger charge is 2.44. The summed E-state index contributed by atoms with van der Waals surface area (Å²) in [6.45, 7) is 3.76. The average Bonchev–Trinajstić information content (AvgIpc) is 3.00. The van der Waals surface area contributed by atoms with Gasteiger partial charge in [-0.15, -0.1) is 0 Å². The number of phosphoric acid groups is 3. The molecule has 1 aliphatic heterocycles. The van der Waals surface area contributed by atoms with E-state index >= 15 is 0 Å². The summed E-state index contributed by atoms with van der Waals surface area (Å²) in [7, 11) is -16.8. The second-order valence-corrected chi connectivity index (χ2v) is 10.9. The Bertz CT molecular complexity index is 1170. The van der Waals surface area contributed by atoms with E-state index in [-0.39, 0.29) is 12.2 Å². The summed E-state index contributed by atoms with van der Waals surface area (Å²) in [5, 5.41) is 0. The molecule has 0 bridgehead atoms. The van der Waals surface area contributed by atoms with Gasteiger partial charge < -0.3 is 29.0 Å². The molecule has 1 fully saturated rings. The highest BCUT2D eigenvalue weighted by atomic mass is 31.3. The second kappa shape index (κ2) is 10.3. The van der Waals surface area contributed by atoms with Crippen molar-refractivity contribution >= 4 is 29.4 Å². The van der Waals surface area contributed by atoms with Crippen molar-refractivity contribution in [3.63, 3.8) is 0 Å². The number of aromatic amines is 1. The first-order chi connectivity index (χ1) is 15.0. The number of phosphoric ester groups is 1. The van der Waals surface area contributed by atoms with Gasteiger partial charge in [-0.1, -0.05) is 6.58 Å². The lowest BCUT2D eigenvalue weighted by Gasteiger charge is -2.21. The van der Waals surface area contributed by atoms with E-state index in [1.807, 2.05) is 4.98 Å². The van der Waals surface area contributed by atoms with Crippen LogP contribution in [0.25, 0.3) is 0 Å². The van der Waals surface area contributed by atoms with Gasteiger partial charge in [-0.3, -0.25) is 23.7 Å². The standard InChI is InChI=1S/C13H19N2O15P3/c1-7(27-8(2)16)9-5-12(15-4-3-11(17)14-13(15)18)28-10(9)6-26-32(22,23)30-33(24,25)29-31(19,20)21/h3-4,9-10,12H,1,5-6H2,2H3,(H,22,23)(H,24,25)(H,14,17,18)(H2,19,20,21)/t9-,10-,12-/m1/s1. The molecule has 1 saturated heterocycles. The highest BCUT2D eigenvalue weighted by molar-refractivity contribution is 7.66. The van der Waals surface area contributed by atoms with E-state index in [0.29, 0.717) is 0 Å². The number of carbonyl (C=O) groups excluding carboxylic acids is 1. The molecule has 1 aromatic heterocycles. The largest absolute Gasteiger partial charge is 0.490 e. The first-order valence-electron chi connectivity index (χ1n) is 8.60. The number of H-pyrrole nitrogens is 1. The van der Waals surface area contributed by atoms with Crippen LogP contribution in [0.15, 0.2) is 34.2 Å². The van der Waals surface area contributed by atoms with Crippen LogP contribution in [0, 0.1) is 5.92 Å². The Kier molecular flexibility index (Phi) is 8.55. The molecule has 2 unspecified atom stereocenters. The van der Waals surface area contributed by atoms with Crippen molar-refractivity contribution in [3.8, 4) is 0 Å². The van der Waals surface area contributed by atoms with Gasteiger partial charge in [0.15, 0.2) is 0 Å². The molecule has 5 N–H and O–H groups in total. The quantitative estimate of drug-likeness (QED) is 0.148. The molecule has 5 atom stereocenters. The van der Waals surface area contributed by atoms with Gasteiger partial charge in [0, 0.05) is 31.5 Å². The van der Waals surface area contributed by atoms with Crippen LogP contribution in [0.5, 0.6) is 0 Å². The number of nitrogens with zero attached hydrogens (tertiary/aromatic N) is 1. The molecule has 0 radical (unpaired) electrons. The molecular formula is C13H19N2O15P3. The zero-order valence-electron chi connectivity index (χ0n) is 16.6. The monoisotopic (exact) mass is 536 g/mol. The van der Waals surface area contributed by atoms with Crippen molar-refractivity contribution in [1.29, 1.82) is 0 Å². The SMILES string of the molecule is C=C(OC(C)=O)[C@H]1C[C@H](n2ccc(=O)[nH]c2=O)O[C@@H]1COP(=O)(O)OP(=O)(O)OP(=O)(O)O. The summed E-state index contributed by atoms with van der Waals surface area (Å²) in [5.41, 5.74) is -1.53. The van der Waals surface area contributed by atoms with Crippen LogP contribution in [-0.4, -0.2) is 47.8 Å². The van der Waals surface area contributed by atoms with E-state index in [2.05, 4.69) is 19.7 Å². The van der Waals surface area contributed by atoms with E-state index in [1.165, 1.54) is 0 Å². The first-order valence-corrected chi connectivity index (χ1v) is 13.1. The van der Waals surface area contributed by atoms with Crippen LogP contribution in [-0.2, 0) is 41.1 Å². The lowest BCUT2D eigenvalue weighted by atomic mass is 9.99.